The Morgan fingerprint density at radius 1 is 0.833 bits per heavy atom. The van der Waals surface area contributed by atoms with Crippen LogP contribution in [0.25, 0.3) is 0 Å². The van der Waals surface area contributed by atoms with Crippen molar-refractivity contribution in [3.8, 4) is 0 Å². The molecule has 0 saturated heterocycles. The Balaban J connectivity index is 0. The molecule has 1 fully saturated rings. The molecule has 0 aliphatic heterocycles. The lowest BCUT2D eigenvalue weighted by molar-refractivity contribution is 0.626. The first-order valence-electron chi connectivity index (χ1n) is 5.77. The lowest BCUT2D eigenvalue weighted by atomic mass is 10.2. The van der Waals surface area contributed by atoms with E-state index >= 15 is 0 Å². The molecule has 76 valence electrons. The maximum atomic E-state index is 2.22. The van der Waals surface area contributed by atoms with Crippen LogP contribution in [-0.4, -0.2) is 0 Å². The average molecular weight is 172 g/mol. The molecule has 12 heavy (non-hydrogen) atoms. The molecule has 0 bridgehead atoms. The third kappa shape index (κ3) is 16.5. The predicted octanol–water partition coefficient (Wildman–Crippen LogP) is 5.03. The minimum absolute atomic E-state index is 0.884. The summed E-state index contributed by atoms with van der Waals surface area (Å²) in [5.74, 6) is 0.884. The summed E-state index contributed by atoms with van der Waals surface area (Å²) in [6, 6.07) is 0. The van der Waals surface area contributed by atoms with Crippen molar-refractivity contribution in [2.45, 2.75) is 73.1 Å². The molecule has 1 aliphatic carbocycles. The molecule has 1 rings (SSSR count). The van der Waals surface area contributed by atoms with Gasteiger partial charge in [-0.25, -0.2) is 0 Å². The van der Waals surface area contributed by atoms with Crippen molar-refractivity contribution in [1.82, 2.24) is 0 Å². The van der Waals surface area contributed by atoms with Crippen LogP contribution in [-0.2, 0) is 0 Å². The van der Waals surface area contributed by atoms with E-state index in [0.717, 1.165) is 5.92 Å². The van der Waals surface area contributed by atoms with E-state index < -0.39 is 0 Å². The molecule has 0 heterocycles. The highest BCUT2D eigenvalue weighted by atomic mass is 14.0. The zero-order chi connectivity index (χ0) is 9.82. The van der Waals surface area contributed by atoms with Gasteiger partial charge in [-0.15, -0.1) is 0 Å². The number of rotatable bonds is 1. The van der Waals surface area contributed by atoms with Crippen LogP contribution in [0.1, 0.15) is 73.1 Å². The Hall–Kier alpha value is 0. The van der Waals surface area contributed by atoms with Crippen molar-refractivity contribution in [2.24, 2.45) is 5.92 Å². The van der Waals surface area contributed by atoms with Crippen LogP contribution < -0.4 is 0 Å². The fourth-order valence-corrected chi connectivity index (χ4v) is 0.884. The number of hydrogen-bond donors (Lipinski definition) is 0. The Bertz CT molecular complexity index is 43.4. The van der Waals surface area contributed by atoms with Gasteiger partial charge in [0.25, 0.3) is 0 Å². The van der Waals surface area contributed by atoms with E-state index in [0.29, 0.717) is 0 Å². The first kappa shape index (κ1) is 14.5. The Morgan fingerprint density at radius 2 is 1.00 bits per heavy atom. The fraction of sp³-hybridized carbons (Fsp3) is 1.00. The van der Waals surface area contributed by atoms with Gasteiger partial charge in [-0.05, 0) is 5.92 Å². The average Bonchev–Trinajstić information content (AvgIpc) is 2.65. The van der Waals surface area contributed by atoms with Gasteiger partial charge in [-0.1, -0.05) is 73.1 Å². The van der Waals surface area contributed by atoms with Crippen LogP contribution in [0.4, 0.5) is 0 Å². The Kier molecular flexibility index (Phi) is 16.4. The molecule has 0 atom stereocenters. The SMILES string of the molecule is C1CCCC1.CC.CCC(C)C. The van der Waals surface area contributed by atoms with Gasteiger partial charge in [-0.3, -0.25) is 0 Å². The molecule has 0 N–H and O–H groups in total. The minimum atomic E-state index is 0.884. The summed E-state index contributed by atoms with van der Waals surface area (Å²) in [5, 5.41) is 0. The van der Waals surface area contributed by atoms with Gasteiger partial charge in [0.15, 0.2) is 0 Å². The monoisotopic (exact) mass is 172 g/mol. The summed E-state index contributed by atoms with van der Waals surface area (Å²) >= 11 is 0. The second-order valence-electron chi connectivity index (χ2n) is 3.57. The highest BCUT2D eigenvalue weighted by molar-refractivity contribution is 4.51. The highest BCUT2D eigenvalue weighted by Crippen LogP contribution is 2.15. The van der Waals surface area contributed by atoms with Gasteiger partial charge in [0.2, 0.25) is 0 Å². The second kappa shape index (κ2) is 13.6. The highest BCUT2D eigenvalue weighted by Gasteiger charge is 1.95. The van der Waals surface area contributed by atoms with Crippen molar-refractivity contribution in [1.29, 1.82) is 0 Å². The molecule has 0 aromatic carbocycles. The van der Waals surface area contributed by atoms with E-state index in [1.165, 1.54) is 38.5 Å². The first-order valence-corrected chi connectivity index (χ1v) is 5.77. The zero-order valence-corrected chi connectivity index (χ0v) is 9.82. The van der Waals surface area contributed by atoms with Crippen LogP contribution in [0.2, 0.25) is 0 Å². The van der Waals surface area contributed by atoms with Crippen LogP contribution in [0, 0.1) is 5.92 Å². The van der Waals surface area contributed by atoms with Crippen LogP contribution in [0.15, 0.2) is 0 Å². The molecule has 0 spiro atoms. The lowest BCUT2D eigenvalue weighted by Crippen LogP contribution is -1.77. The van der Waals surface area contributed by atoms with Gasteiger partial charge in [0.05, 0.1) is 0 Å². The molecule has 0 radical (unpaired) electrons. The van der Waals surface area contributed by atoms with Crippen molar-refractivity contribution in [2.75, 3.05) is 0 Å². The minimum Gasteiger partial charge on any atom is -0.0683 e. The van der Waals surface area contributed by atoms with Crippen LogP contribution in [0.3, 0.4) is 0 Å². The van der Waals surface area contributed by atoms with E-state index in [2.05, 4.69) is 20.8 Å². The van der Waals surface area contributed by atoms with Crippen LogP contribution >= 0.6 is 0 Å². The summed E-state index contributed by atoms with van der Waals surface area (Å²) < 4.78 is 0. The van der Waals surface area contributed by atoms with Gasteiger partial charge in [0.1, 0.15) is 0 Å². The molecular formula is C12H28. The number of hydrogen-bond acceptors (Lipinski definition) is 0. The summed E-state index contributed by atoms with van der Waals surface area (Å²) in [6.07, 6.45) is 8.81. The summed E-state index contributed by atoms with van der Waals surface area (Å²) in [7, 11) is 0. The normalized spacial score (nSPS) is 14.5. The van der Waals surface area contributed by atoms with E-state index in [1.807, 2.05) is 13.8 Å². The van der Waals surface area contributed by atoms with Gasteiger partial charge >= 0.3 is 0 Å². The smallest absolute Gasteiger partial charge is 0.0474 e. The molecular weight excluding hydrogens is 144 g/mol. The summed E-state index contributed by atoms with van der Waals surface area (Å²) in [4.78, 5) is 0. The molecule has 0 nitrogen and oxygen atoms in total. The predicted molar refractivity (Wildman–Crippen MR) is 59.6 cm³/mol. The van der Waals surface area contributed by atoms with E-state index in [9.17, 15) is 0 Å². The molecule has 0 heteroatoms. The molecule has 0 unspecified atom stereocenters. The zero-order valence-electron chi connectivity index (χ0n) is 9.82. The fourth-order valence-electron chi connectivity index (χ4n) is 0.884. The second-order valence-corrected chi connectivity index (χ2v) is 3.57. The third-order valence-electron chi connectivity index (χ3n) is 2.07. The quantitative estimate of drug-likeness (QED) is 0.520. The standard InChI is InChI=1S/C5H10.C5H12.C2H6/c1-2-4-5-3-1;1-4-5(2)3;1-2/h1-5H2;5H,4H2,1-3H3;1-2H3. The topological polar surface area (TPSA) is 0 Å². The Morgan fingerprint density at radius 3 is 1.08 bits per heavy atom. The van der Waals surface area contributed by atoms with E-state index in [-0.39, 0.29) is 0 Å². The van der Waals surface area contributed by atoms with Crippen molar-refractivity contribution in [3.05, 3.63) is 0 Å². The summed E-state index contributed by atoms with van der Waals surface area (Å²) in [5.41, 5.74) is 0. The van der Waals surface area contributed by atoms with Crippen molar-refractivity contribution in [3.63, 3.8) is 0 Å². The van der Waals surface area contributed by atoms with Crippen molar-refractivity contribution >= 4 is 0 Å². The maximum absolute atomic E-state index is 2.22. The molecule has 0 aromatic heterocycles. The molecule has 1 saturated carbocycles. The molecule has 1 aliphatic rings. The van der Waals surface area contributed by atoms with Gasteiger partial charge in [-0.2, -0.15) is 0 Å². The lowest BCUT2D eigenvalue weighted by Gasteiger charge is -1.90. The van der Waals surface area contributed by atoms with Gasteiger partial charge < -0.3 is 0 Å². The third-order valence-corrected chi connectivity index (χ3v) is 2.07. The molecule has 0 amide bonds. The Labute approximate surface area is 79.8 Å². The molecule has 0 aromatic rings. The van der Waals surface area contributed by atoms with Crippen LogP contribution in [0.5, 0.6) is 0 Å². The largest absolute Gasteiger partial charge is 0.0683 e. The first-order chi connectivity index (χ1) is 5.77. The van der Waals surface area contributed by atoms with E-state index in [4.69, 9.17) is 0 Å². The van der Waals surface area contributed by atoms with Crippen molar-refractivity contribution < 1.29 is 0 Å². The van der Waals surface area contributed by atoms with Gasteiger partial charge in [0, 0.05) is 0 Å². The van der Waals surface area contributed by atoms with E-state index in [1.54, 1.807) is 0 Å². The maximum Gasteiger partial charge on any atom is -0.0474 e. The summed E-state index contributed by atoms with van der Waals surface area (Å²) in [6.45, 7) is 10.6.